The first-order valence-corrected chi connectivity index (χ1v) is 13.1. The maximum absolute atomic E-state index is 16.6. The summed E-state index contributed by atoms with van der Waals surface area (Å²) < 4.78 is 75.1. The smallest absolute Gasteiger partial charge is 0.392 e. The molecule has 7 nitrogen and oxygen atoms in total. The summed E-state index contributed by atoms with van der Waals surface area (Å²) in [6.45, 7) is 0.185. The molecule has 2 aliphatic rings. The summed E-state index contributed by atoms with van der Waals surface area (Å²) in [4.78, 5) is 14.8. The van der Waals surface area contributed by atoms with Crippen molar-refractivity contribution in [2.24, 2.45) is 0 Å². The Kier molecular flexibility index (Phi) is 6.74. The van der Waals surface area contributed by atoms with Gasteiger partial charge in [-0.25, -0.2) is 13.8 Å². The minimum Gasteiger partial charge on any atom is -0.508 e. The molecule has 6 rings (SSSR count). The van der Waals surface area contributed by atoms with Crippen molar-refractivity contribution in [1.29, 1.82) is 0 Å². The normalized spacial score (nSPS) is 18.3. The number of halogens is 5. The van der Waals surface area contributed by atoms with Crippen molar-refractivity contribution in [2.45, 2.75) is 37.5 Å². The number of terminal acetylenes is 2. The maximum Gasteiger partial charge on any atom is 0.392 e. The van der Waals surface area contributed by atoms with Crippen LogP contribution < -0.4 is 15.0 Å². The van der Waals surface area contributed by atoms with Crippen molar-refractivity contribution in [3.8, 4) is 47.7 Å². The number of rotatable bonds is 5. The summed E-state index contributed by atoms with van der Waals surface area (Å²) in [6.07, 6.45) is 7.50. The molecule has 0 saturated carbocycles. The van der Waals surface area contributed by atoms with Crippen LogP contribution in [0.4, 0.5) is 27.8 Å². The van der Waals surface area contributed by atoms with Gasteiger partial charge in [0.25, 0.3) is 0 Å². The Labute approximate surface area is 236 Å². The Bertz CT molecular complexity index is 1820. The highest BCUT2D eigenvalue weighted by Gasteiger charge is 2.35. The lowest BCUT2D eigenvalue weighted by Gasteiger charge is -2.34. The molecule has 2 N–H and O–H groups in total. The summed E-state index contributed by atoms with van der Waals surface area (Å²) in [7, 11) is 0. The zero-order chi connectivity index (χ0) is 29.8. The number of aromatic nitrogens is 3. The van der Waals surface area contributed by atoms with Crippen LogP contribution in [0.15, 0.2) is 24.3 Å². The molecule has 12 heteroatoms. The molecule has 214 valence electrons. The second kappa shape index (κ2) is 10.3. The van der Waals surface area contributed by atoms with Crippen LogP contribution in [0.2, 0.25) is 0 Å². The second-order valence-electron chi connectivity index (χ2n) is 10.2. The van der Waals surface area contributed by atoms with Crippen LogP contribution in [0, 0.1) is 36.3 Å². The van der Waals surface area contributed by atoms with Crippen molar-refractivity contribution in [2.75, 3.05) is 24.6 Å². The minimum absolute atomic E-state index is 0.0479. The number of piperazine rings is 1. The minimum atomic E-state index is -4.49. The van der Waals surface area contributed by atoms with Gasteiger partial charge in [-0.15, -0.1) is 12.8 Å². The molecule has 0 radical (unpaired) electrons. The molecular weight excluding hydrogens is 557 g/mol. The first-order valence-electron chi connectivity index (χ1n) is 13.1. The fraction of sp³-hybridized carbons (Fsp3) is 0.300. The molecule has 2 atom stereocenters. The number of nitrogens with one attached hydrogen (secondary N) is 1. The number of phenolic OH excluding ortho intramolecular Hbond substituents is 1. The highest BCUT2D eigenvalue weighted by Crippen LogP contribution is 2.40. The van der Waals surface area contributed by atoms with Crippen molar-refractivity contribution in [1.82, 2.24) is 20.3 Å². The molecule has 2 saturated heterocycles. The van der Waals surface area contributed by atoms with Crippen molar-refractivity contribution in [3.63, 3.8) is 0 Å². The van der Waals surface area contributed by atoms with Gasteiger partial charge in [0, 0.05) is 36.1 Å². The third kappa shape index (κ3) is 4.88. The quantitative estimate of drug-likeness (QED) is 0.253. The van der Waals surface area contributed by atoms with Gasteiger partial charge in [0.1, 0.15) is 40.9 Å². The topological polar surface area (TPSA) is 83.4 Å². The number of aromatic hydroxyl groups is 1. The van der Waals surface area contributed by atoms with Crippen LogP contribution in [0.5, 0.6) is 11.8 Å². The lowest BCUT2D eigenvalue weighted by Crippen LogP contribution is -2.51. The molecule has 0 amide bonds. The second-order valence-corrected chi connectivity index (χ2v) is 10.2. The van der Waals surface area contributed by atoms with E-state index in [1.165, 1.54) is 18.2 Å². The predicted molar refractivity (Wildman–Crippen MR) is 146 cm³/mol. The zero-order valence-electron chi connectivity index (χ0n) is 21.9. The average molecular weight is 580 g/mol. The monoisotopic (exact) mass is 579 g/mol. The van der Waals surface area contributed by atoms with Crippen LogP contribution in [-0.4, -0.2) is 58.0 Å². The van der Waals surface area contributed by atoms with Crippen LogP contribution in [0.3, 0.4) is 0 Å². The average Bonchev–Trinajstić information content (AvgIpc) is 3.29. The summed E-state index contributed by atoms with van der Waals surface area (Å²) in [5.41, 5.74) is -1.01. The number of ether oxygens (including phenoxy) is 1. The molecule has 0 aliphatic carbocycles. The molecule has 4 aromatic rings. The Morgan fingerprint density at radius 1 is 1.02 bits per heavy atom. The SMILES string of the molecule is C#Cc1c(F)ccc2cc(O)cc(-c3nc(C#C)c4c(N5CC6CCC(C5)N6)nc(OCCC(F)(F)F)nc4c3F)c12. The van der Waals surface area contributed by atoms with E-state index in [1.807, 2.05) is 4.90 Å². The summed E-state index contributed by atoms with van der Waals surface area (Å²) >= 11 is 0. The van der Waals surface area contributed by atoms with E-state index in [4.69, 9.17) is 17.6 Å². The Hall–Kier alpha value is -4.68. The zero-order valence-corrected chi connectivity index (χ0v) is 21.9. The predicted octanol–water partition coefficient (Wildman–Crippen LogP) is 5.06. The molecule has 2 aromatic heterocycles. The first kappa shape index (κ1) is 27.5. The first-order chi connectivity index (χ1) is 20.1. The number of phenols is 1. The van der Waals surface area contributed by atoms with Gasteiger partial charge in [-0.2, -0.15) is 23.1 Å². The number of pyridine rings is 1. The number of nitrogens with zero attached hydrogens (tertiary/aromatic N) is 4. The fourth-order valence-electron chi connectivity index (χ4n) is 5.69. The van der Waals surface area contributed by atoms with Crippen molar-refractivity contribution < 1.29 is 31.8 Å². The van der Waals surface area contributed by atoms with E-state index >= 15 is 4.39 Å². The third-order valence-corrected chi connectivity index (χ3v) is 7.47. The Morgan fingerprint density at radius 3 is 2.43 bits per heavy atom. The summed E-state index contributed by atoms with van der Waals surface area (Å²) in [6, 6.07) is 4.81. The summed E-state index contributed by atoms with van der Waals surface area (Å²) in [5.74, 6) is 2.86. The van der Waals surface area contributed by atoms with Gasteiger partial charge in [-0.1, -0.05) is 12.0 Å². The lowest BCUT2D eigenvalue weighted by atomic mass is 9.95. The Balaban J connectivity index is 1.61. The van der Waals surface area contributed by atoms with E-state index in [2.05, 4.69) is 32.1 Å². The van der Waals surface area contributed by atoms with Gasteiger partial charge < -0.3 is 20.1 Å². The van der Waals surface area contributed by atoms with E-state index in [9.17, 15) is 22.7 Å². The molecule has 2 bridgehead atoms. The van der Waals surface area contributed by atoms with Crippen LogP contribution in [-0.2, 0) is 0 Å². The van der Waals surface area contributed by atoms with Gasteiger partial charge in [0.05, 0.1) is 17.4 Å². The lowest BCUT2D eigenvalue weighted by molar-refractivity contribution is -0.139. The van der Waals surface area contributed by atoms with E-state index in [0.29, 0.717) is 18.5 Å². The maximum atomic E-state index is 16.6. The number of benzene rings is 2. The number of alkyl halides is 3. The third-order valence-electron chi connectivity index (χ3n) is 7.47. The number of hydrogen-bond acceptors (Lipinski definition) is 7. The van der Waals surface area contributed by atoms with Crippen LogP contribution in [0.1, 0.15) is 30.5 Å². The Morgan fingerprint density at radius 2 is 1.76 bits per heavy atom. The molecule has 2 unspecified atom stereocenters. The number of anilines is 1. The van der Waals surface area contributed by atoms with Crippen LogP contribution in [0.25, 0.3) is 32.9 Å². The van der Waals surface area contributed by atoms with Crippen LogP contribution >= 0.6 is 0 Å². The van der Waals surface area contributed by atoms with Gasteiger partial charge in [-0.3, -0.25) is 0 Å². The summed E-state index contributed by atoms with van der Waals surface area (Å²) in [5, 5.41) is 14.4. The van der Waals surface area contributed by atoms with E-state index in [0.717, 1.165) is 18.9 Å². The van der Waals surface area contributed by atoms with Crippen molar-refractivity contribution in [3.05, 3.63) is 47.2 Å². The van der Waals surface area contributed by atoms with Gasteiger partial charge >= 0.3 is 12.2 Å². The molecule has 42 heavy (non-hydrogen) atoms. The van der Waals surface area contributed by atoms with Gasteiger partial charge in [-0.05, 0) is 42.3 Å². The highest BCUT2D eigenvalue weighted by atomic mass is 19.4. The fourth-order valence-corrected chi connectivity index (χ4v) is 5.69. The molecule has 4 heterocycles. The number of hydrogen-bond donors (Lipinski definition) is 2. The van der Waals surface area contributed by atoms with Gasteiger partial charge in [0.15, 0.2) is 5.82 Å². The molecule has 0 spiro atoms. The van der Waals surface area contributed by atoms with Gasteiger partial charge in [0.2, 0.25) is 0 Å². The molecule has 2 aromatic carbocycles. The number of fused-ring (bicyclic) bond motifs is 4. The molecular formula is C30H22F5N5O2. The molecule has 2 fully saturated rings. The standard InChI is InChI=1S/C30H22F5N5O2/c1-3-19-21(31)8-5-15-11-18(41)12-20(23(15)19)26-25(32)27-24(22(4-2)37-26)28(40-13-16-6-7-17(14-40)36-16)39-29(38-27)42-10-9-30(33,34)35/h1-2,5,8,11-12,16-17,36,41H,6-7,9-10,13-14H2. The highest BCUT2D eigenvalue weighted by molar-refractivity contribution is 6.04. The largest absolute Gasteiger partial charge is 0.508 e. The van der Waals surface area contributed by atoms with E-state index in [1.54, 1.807) is 0 Å². The van der Waals surface area contributed by atoms with Crippen molar-refractivity contribution >= 4 is 27.5 Å². The van der Waals surface area contributed by atoms with E-state index in [-0.39, 0.29) is 62.5 Å². The molecule has 2 aliphatic heterocycles. The van der Waals surface area contributed by atoms with E-state index < -0.39 is 36.8 Å².